The average Bonchev–Trinajstić information content (AvgIpc) is 3.07. The van der Waals surface area contributed by atoms with Crippen LogP contribution in [0.25, 0.3) is 11.3 Å². The number of rotatable bonds is 2. The van der Waals surface area contributed by atoms with Crippen molar-refractivity contribution >= 4 is 10.2 Å². The van der Waals surface area contributed by atoms with E-state index in [1.54, 1.807) is 6.33 Å². The fourth-order valence-corrected chi connectivity index (χ4v) is 4.55. The summed E-state index contributed by atoms with van der Waals surface area (Å²) in [5, 5.41) is 15.7. The highest BCUT2D eigenvalue weighted by atomic mass is 32.2. The lowest BCUT2D eigenvalue weighted by molar-refractivity contribution is 0.0343. The van der Waals surface area contributed by atoms with Gasteiger partial charge in [-0.1, -0.05) is 24.3 Å². The number of fused-ring (bicyclic) bond motifs is 3. The first-order chi connectivity index (χ1) is 11.0. The van der Waals surface area contributed by atoms with E-state index in [9.17, 15) is 13.5 Å². The highest BCUT2D eigenvalue weighted by molar-refractivity contribution is 7.86. The monoisotopic (exact) mass is 334 g/mol. The molecule has 8 heteroatoms. The summed E-state index contributed by atoms with van der Waals surface area (Å²) in [5.74, 6) is -0.0791. The van der Waals surface area contributed by atoms with Gasteiger partial charge in [0.25, 0.3) is 10.2 Å². The van der Waals surface area contributed by atoms with Gasteiger partial charge in [-0.3, -0.25) is 0 Å². The Kier molecular flexibility index (Phi) is 3.31. The molecule has 23 heavy (non-hydrogen) atoms. The van der Waals surface area contributed by atoms with Crippen LogP contribution in [0.2, 0.25) is 0 Å². The van der Waals surface area contributed by atoms with Crippen LogP contribution in [0, 0.1) is 5.92 Å². The Hall–Kier alpha value is -1.74. The summed E-state index contributed by atoms with van der Waals surface area (Å²) in [4.78, 5) is 4.22. The van der Waals surface area contributed by atoms with Gasteiger partial charge in [-0.2, -0.15) is 12.7 Å². The van der Waals surface area contributed by atoms with Gasteiger partial charge in [0, 0.05) is 24.6 Å². The molecule has 1 saturated heterocycles. The highest BCUT2D eigenvalue weighted by Crippen LogP contribution is 2.45. The second-order valence-electron chi connectivity index (χ2n) is 6.14. The molecule has 1 unspecified atom stereocenters. The molecule has 7 nitrogen and oxygen atoms in total. The number of hydrogen-bond donors (Lipinski definition) is 2. The van der Waals surface area contributed by atoms with Crippen LogP contribution in [0.3, 0.4) is 0 Å². The van der Waals surface area contributed by atoms with Gasteiger partial charge in [-0.05, 0) is 12.0 Å². The van der Waals surface area contributed by atoms with Crippen molar-refractivity contribution in [2.45, 2.75) is 18.6 Å². The zero-order valence-electron chi connectivity index (χ0n) is 12.4. The summed E-state index contributed by atoms with van der Waals surface area (Å²) in [6, 6.07) is 8.05. The average molecular weight is 334 g/mol. The zero-order valence-corrected chi connectivity index (χ0v) is 13.2. The number of hydrogen-bond acceptors (Lipinski definition) is 4. The van der Waals surface area contributed by atoms with E-state index >= 15 is 0 Å². The molecule has 1 aromatic heterocycles. The van der Waals surface area contributed by atoms with Crippen molar-refractivity contribution in [2.75, 3.05) is 13.1 Å². The molecule has 0 aliphatic carbocycles. The summed E-state index contributed by atoms with van der Waals surface area (Å²) >= 11 is 0. The lowest BCUT2D eigenvalue weighted by atomic mass is 9.84. The summed E-state index contributed by atoms with van der Waals surface area (Å²) in [5.41, 5.74) is 3.31. The van der Waals surface area contributed by atoms with Gasteiger partial charge in [0.1, 0.15) is 0 Å². The number of aliphatic hydroxyl groups excluding tert-OH is 1. The maximum absolute atomic E-state index is 11.5. The van der Waals surface area contributed by atoms with Gasteiger partial charge in [0.05, 0.1) is 30.4 Å². The number of nitrogens with zero attached hydrogens (tertiary/aromatic N) is 3. The summed E-state index contributed by atoms with van der Waals surface area (Å²) in [6.45, 7) is 0.357. The van der Waals surface area contributed by atoms with Crippen LogP contribution in [-0.2, 0) is 10.2 Å². The Balaban J connectivity index is 1.70. The van der Waals surface area contributed by atoms with Crippen molar-refractivity contribution in [3.05, 3.63) is 42.4 Å². The molecule has 1 fully saturated rings. The van der Waals surface area contributed by atoms with Crippen molar-refractivity contribution in [3.8, 4) is 11.3 Å². The van der Waals surface area contributed by atoms with Crippen LogP contribution in [-0.4, -0.2) is 46.6 Å². The number of piperidine rings is 1. The van der Waals surface area contributed by atoms with Crippen LogP contribution < -0.4 is 5.14 Å². The van der Waals surface area contributed by atoms with Crippen LogP contribution >= 0.6 is 0 Å². The van der Waals surface area contributed by atoms with E-state index in [0.29, 0.717) is 13.0 Å². The van der Waals surface area contributed by atoms with Crippen LogP contribution in [0.5, 0.6) is 0 Å². The zero-order chi connectivity index (χ0) is 16.2. The minimum Gasteiger partial charge on any atom is -0.391 e. The number of nitrogens with two attached hydrogens (primary N) is 1. The lowest BCUT2D eigenvalue weighted by Crippen LogP contribution is -2.50. The topological polar surface area (TPSA) is 101 Å². The van der Waals surface area contributed by atoms with Gasteiger partial charge in [0.15, 0.2) is 0 Å². The molecule has 0 bridgehead atoms. The molecular weight excluding hydrogens is 316 g/mol. The molecule has 2 aliphatic rings. The maximum Gasteiger partial charge on any atom is 0.276 e. The molecule has 0 saturated carbocycles. The van der Waals surface area contributed by atoms with Gasteiger partial charge in [-0.15, -0.1) is 0 Å². The first kappa shape index (κ1) is 14.8. The minimum atomic E-state index is -3.76. The molecule has 2 aromatic rings. The molecule has 122 valence electrons. The van der Waals surface area contributed by atoms with E-state index < -0.39 is 16.3 Å². The molecule has 3 N–H and O–H groups in total. The summed E-state index contributed by atoms with van der Waals surface area (Å²) in [7, 11) is -3.76. The second kappa shape index (κ2) is 5.13. The van der Waals surface area contributed by atoms with Crippen LogP contribution in [0.15, 0.2) is 36.8 Å². The Morgan fingerprint density at radius 1 is 1.30 bits per heavy atom. The summed E-state index contributed by atoms with van der Waals surface area (Å²) < 4.78 is 26.2. The second-order valence-corrected chi connectivity index (χ2v) is 7.69. The normalized spacial score (nSPS) is 27.7. The van der Waals surface area contributed by atoms with Gasteiger partial charge >= 0.3 is 0 Å². The van der Waals surface area contributed by atoms with E-state index in [0.717, 1.165) is 21.1 Å². The van der Waals surface area contributed by atoms with E-state index in [2.05, 4.69) is 21.7 Å². The first-order valence-corrected chi connectivity index (χ1v) is 9.04. The highest BCUT2D eigenvalue weighted by Gasteiger charge is 2.41. The van der Waals surface area contributed by atoms with E-state index in [4.69, 9.17) is 5.14 Å². The number of aromatic nitrogens is 2. The molecule has 3 heterocycles. The van der Waals surface area contributed by atoms with E-state index in [1.165, 1.54) is 0 Å². The first-order valence-electron chi connectivity index (χ1n) is 7.54. The predicted octanol–water partition coefficient (Wildman–Crippen LogP) is 0.339. The molecule has 1 aromatic carbocycles. The molecule has 4 rings (SSSR count). The number of benzene rings is 1. The van der Waals surface area contributed by atoms with Gasteiger partial charge in [0.2, 0.25) is 0 Å². The lowest BCUT2D eigenvalue weighted by Gasteiger charge is -2.37. The third-order valence-corrected chi connectivity index (χ3v) is 5.93. The third-order valence-electron chi connectivity index (χ3n) is 4.88. The van der Waals surface area contributed by atoms with Crippen molar-refractivity contribution in [1.29, 1.82) is 0 Å². The molecule has 0 amide bonds. The Bertz CT molecular complexity index is 848. The third kappa shape index (κ3) is 2.29. The van der Waals surface area contributed by atoms with Crippen molar-refractivity contribution in [1.82, 2.24) is 13.9 Å². The van der Waals surface area contributed by atoms with Crippen LogP contribution in [0.4, 0.5) is 0 Å². The molecule has 0 spiro atoms. The molecule has 3 atom stereocenters. The minimum absolute atomic E-state index is 0.0265. The molecular formula is C15H18N4O3S. The number of β-amino-alcohol motifs (C(OH)–C–C–N with tert-alkyl or cyclic N) is 1. The summed E-state index contributed by atoms with van der Waals surface area (Å²) in [6.07, 6.45) is 3.38. The Morgan fingerprint density at radius 3 is 2.83 bits per heavy atom. The largest absolute Gasteiger partial charge is 0.391 e. The molecule has 2 aliphatic heterocycles. The van der Waals surface area contributed by atoms with E-state index in [1.807, 2.05) is 18.3 Å². The quantitative estimate of drug-likeness (QED) is 0.827. The Morgan fingerprint density at radius 2 is 2.09 bits per heavy atom. The fourth-order valence-electron chi connectivity index (χ4n) is 3.83. The van der Waals surface area contributed by atoms with Crippen LogP contribution in [0.1, 0.15) is 18.0 Å². The standard InChI is InChI=1S/C15H18N4O3S/c16-23(21,22)18-6-5-12(14(20)8-18)15-11-4-2-1-3-10(11)13-7-17-9-19(13)15/h1-4,7,9,12,14-15,20H,5-6,8H2,(H2,16,21,22)/t12-,14-,15?/m1/s1. The SMILES string of the molecule is NS(=O)(=O)N1CC[C@@H](C2c3ccccc3-c3cncn32)[C@H](O)C1. The fraction of sp³-hybridized carbons (Fsp3) is 0.400. The number of aliphatic hydroxyl groups is 1. The smallest absolute Gasteiger partial charge is 0.276 e. The van der Waals surface area contributed by atoms with Crippen molar-refractivity contribution in [2.24, 2.45) is 11.1 Å². The molecule has 0 radical (unpaired) electrons. The maximum atomic E-state index is 11.5. The van der Waals surface area contributed by atoms with E-state index in [-0.39, 0.29) is 18.5 Å². The Labute approximate surface area is 134 Å². The predicted molar refractivity (Wildman–Crippen MR) is 84.6 cm³/mol. The van der Waals surface area contributed by atoms with Gasteiger partial charge in [-0.25, -0.2) is 10.1 Å². The van der Waals surface area contributed by atoms with Crippen molar-refractivity contribution in [3.63, 3.8) is 0 Å². The van der Waals surface area contributed by atoms with Crippen molar-refractivity contribution < 1.29 is 13.5 Å². The van der Waals surface area contributed by atoms with Gasteiger partial charge < -0.3 is 9.67 Å². The number of imidazole rings is 1.